The number of methoxy groups -OCH3 is 1. The quantitative estimate of drug-likeness (QED) is 0.844. The Balaban J connectivity index is 1.52. The third-order valence-corrected chi connectivity index (χ3v) is 4.70. The monoisotopic (exact) mass is 374 g/mol. The number of hydrogen-bond donors (Lipinski definition) is 1. The molecule has 6 heteroatoms. The van der Waals surface area contributed by atoms with Crippen LogP contribution in [-0.2, 0) is 17.8 Å². The molecule has 0 bridgehead atoms. The molecule has 0 saturated carbocycles. The summed E-state index contributed by atoms with van der Waals surface area (Å²) in [7, 11) is 1.55. The van der Waals surface area contributed by atoms with Gasteiger partial charge < -0.3 is 14.8 Å². The van der Waals surface area contributed by atoms with E-state index >= 15 is 0 Å². The number of ether oxygens (including phenoxy) is 2. The second-order valence-corrected chi connectivity index (χ2v) is 6.64. The number of rotatable bonds is 6. The van der Waals surface area contributed by atoms with Gasteiger partial charge in [-0.05, 0) is 29.3 Å². The van der Waals surface area contributed by atoms with Gasteiger partial charge in [0.1, 0.15) is 5.75 Å². The number of nitrogens with one attached hydrogen (secondary N) is 1. The van der Waals surface area contributed by atoms with Crippen molar-refractivity contribution in [1.29, 1.82) is 0 Å². The molecule has 0 spiro atoms. The van der Waals surface area contributed by atoms with Crippen molar-refractivity contribution in [2.45, 2.75) is 13.1 Å². The number of nitrogens with zero attached hydrogens (tertiary/aromatic N) is 1. The summed E-state index contributed by atoms with van der Waals surface area (Å²) in [5.74, 6) is 0.394. The van der Waals surface area contributed by atoms with Crippen LogP contribution in [0.4, 0.5) is 0 Å². The zero-order valence-electron chi connectivity index (χ0n) is 14.8. The number of halogens is 1. The highest BCUT2D eigenvalue weighted by Gasteiger charge is 2.11. The van der Waals surface area contributed by atoms with E-state index in [0.29, 0.717) is 22.9 Å². The summed E-state index contributed by atoms with van der Waals surface area (Å²) in [6.45, 7) is 4.96. The molecule has 0 atom stereocenters. The first-order valence-corrected chi connectivity index (χ1v) is 9.03. The van der Waals surface area contributed by atoms with E-state index in [-0.39, 0.29) is 5.91 Å². The molecule has 1 heterocycles. The summed E-state index contributed by atoms with van der Waals surface area (Å²) >= 11 is 6.07. The summed E-state index contributed by atoms with van der Waals surface area (Å²) in [5.41, 5.74) is 2.84. The second-order valence-electron chi connectivity index (χ2n) is 6.24. The number of hydrogen-bond acceptors (Lipinski definition) is 4. The molecular formula is C20H23ClN2O3. The summed E-state index contributed by atoms with van der Waals surface area (Å²) in [6.07, 6.45) is 0. The molecule has 1 fully saturated rings. The van der Waals surface area contributed by atoms with Crippen LogP contribution in [-0.4, -0.2) is 44.2 Å². The molecule has 2 aromatic carbocycles. The average Bonchev–Trinajstić information content (AvgIpc) is 2.68. The van der Waals surface area contributed by atoms with E-state index in [1.165, 1.54) is 5.56 Å². The zero-order chi connectivity index (χ0) is 18.4. The SMILES string of the molecule is COc1ccc(C(=O)NCc2ccc(CN3CCOCC3)cc2)cc1Cl. The maximum absolute atomic E-state index is 12.3. The minimum atomic E-state index is -0.160. The molecule has 2 aromatic rings. The van der Waals surface area contributed by atoms with Gasteiger partial charge in [-0.3, -0.25) is 9.69 Å². The van der Waals surface area contributed by atoms with Crippen molar-refractivity contribution in [3.63, 3.8) is 0 Å². The van der Waals surface area contributed by atoms with E-state index in [1.54, 1.807) is 25.3 Å². The van der Waals surface area contributed by atoms with E-state index in [0.717, 1.165) is 38.4 Å². The maximum Gasteiger partial charge on any atom is 0.251 e. The van der Waals surface area contributed by atoms with Gasteiger partial charge in [0.15, 0.2) is 0 Å². The normalized spacial score (nSPS) is 14.8. The number of benzene rings is 2. The third-order valence-electron chi connectivity index (χ3n) is 4.40. The largest absolute Gasteiger partial charge is 0.495 e. The van der Waals surface area contributed by atoms with Crippen LogP contribution in [0.3, 0.4) is 0 Å². The van der Waals surface area contributed by atoms with Crippen LogP contribution in [0.5, 0.6) is 5.75 Å². The summed E-state index contributed by atoms with van der Waals surface area (Å²) in [6, 6.07) is 13.3. The number of carbonyl (C=O) groups is 1. The zero-order valence-corrected chi connectivity index (χ0v) is 15.6. The van der Waals surface area contributed by atoms with E-state index in [1.807, 2.05) is 0 Å². The molecule has 0 aromatic heterocycles. The average molecular weight is 375 g/mol. The van der Waals surface area contributed by atoms with Crippen LogP contribution >= 0.6 is 11.6 Å². The Morgan fingerprint density at radius 2 is 1.85 bits per heavy atom. The van der Waals surface area contributed by atoms with Gasteiger partial charge in [0.25, 0.3) is 5.91 Å². The topological polar surface area (TPSA) is 50.8 Å². The highest BCUT2D eigenvalue weighted by atomic mass is 35.5. The Morgan fingerprint density at radius 1 is 1.15 bits per heavy atom. The lowest BCUT2D eigenvalue weighted by molar-refractivity contribution is 0.0342. The van der Waals surface area contributed by atoms with Crippen molar-refractivity contribution in [2.75, 3.05) is 33.4 Å². The summed E-state index contributed by atoms with van der Waals surface area (Å²) in [4.78, 5) is 14.7. The van der Waals surface area contributed by atoms with Crippen LogP contribution < -0.4 is 10.1 Å². The Hall–Kier alpha value is -2.08. The lowest BCUT2D eigenvalue weighted by atomic mass is 10.1. The maximum atomic E-state index is 12.3. The van der Waals surface area contributed by atoms with E-state index in [4.69, 9.17) is 21.1 Å². The fourth-order valence-electron chi connectivity index (χ4n) is 2.87. The Kier molecular flexibility index (Phi) is 6.50. The fourth-order valence-corrected chi connectivity index (χ4v) is 3.13. The molecule has 1 amide bonds. The lowest BCUT2D eigenvalue weighted by Gasteiger charge is -2.26. The molecule has 1 aliphatic rings. The number of morpholine rings is 1. The highest BCUT2D eigenvalue weighted by Crippen LogP contribution is 2.24. The van der Waals surface area contributed by atoms with E-state index < -0.39 is 0 Å². The van der Waals surface area contributed by atoms with Crippen molar-refractivity contribution in [3.05, 3.63) is 64.2 Å². The molecule has 0 radical (unpaired) electrons. The van der Waals surface area contributed by atoms with Crippen LogP contribution in [0.2, 0.25) is 5.02 Å². The first-order valence-electron chi connectivity index (χ1n) is 8.65. The van der Waals surface area contributed by atoms with Gasteiger partial charge in [-0.1, -0.05) is 35.9 Å². The van der Waals surface area contributed by atoms with Crippen LogP contribution in [0.1, 0.15) is 21.5 Å². The molecule has 26 heavy (non-hydrogen) atoms. The Morgan fingerprint density at radius 3 is 2.50 bits per heavy atom. The first kappa shape index (κ1) is 18.7. The van der Waals surface area contributed by atoms with Crippen molar-refractivity contribution >= 4 is 17.5 Å². The third kappa shape index (κ3) is 4.97. The molecule has 3 rings (SSSR count). The molecule has 1 N–H and O–H groups in total. The Bertz CT molecular complexity index is 743. The Labute approximate surface area is 158 Å². The standard InChI is InChI=1S/C20H23ClN2O3/c1-25-19-7-6-17(12-18(19)21)20(24)22-13-15-2-4-16(5-3-15)14-23-8-10-26-11-9-23/h2-7,12H,8-11,13-14H2,1H3,(H,22,24). The predicted molar refractivity (Wildman–Crippen MR) is 102 cm³/mol. The van der Waals surface area contributed by atoms with E-state index in [2.05, 4.69) is 34.5 Å². The van der Waals surface area contributed by atoms with Gasteiger partial charge in [0.2, 0.25) is 0 Å². The van der Waals surface area contributed by atoms with Gasteiger partial charge in [-0.2, -0.15) is 0 Å². The number of amides is 1. The number of carbonyl (C=O) groups excluding carboxylic acids is 1. The predicted octanol–water partition coefficient (Wildman–Crippen LogP) is 3.11. The summed E-state index contributed by atoms with van der Waals surface area (Å²) < 4.78 is 10.5. The van der Waals surface area contributed by atoms with Crippen LogP contribution in [0.15, 0.2) is 42.5 Å². The van der Waals surface area contributed by atoms with Gasteiger partial charge in [-0.25, -0.2) is 0 Å². The molecule has 1 aliphatic heterocycles. The van der Waals surface area contributed by atoms with Crippen molar-refractivity contribution in [1.82, 2.24) is 10.2 Å². The summed E-state index contributed by atoms with van der Waals surface area (Å²) in [5, 5.41) is 3.34. The van der Waals surface area contributed by atoms with Gasteiger partial charge in [0.05, 0.1) is 25.3 Å². The molecular weight excluding hydrogens is 352 g/mol. The van der Waals surface area contributed by atoms with Crippen molar-refractivity contribution < 1.29 is 14.3 Å². The van der Waals surface area contributed by atoms with Crippen molar-refractivity contribution in [3.8, 4) is 5.75 Å². The fraction of sp³-hybridized carbons (Fsp3) is 0.350. The molecule has 5 nitrogen and oxygen atoms in total. The van der Waals surface area contributed by atoms with Crippen LogP contribution in [0.25, 0.3) is 0 Å². The molecule has 138 valence electrons. The van der Waals surface area contributed by atoms with Crippen molar-refractivity contribution in [2.24, 2.45) is 0 Å². The minimum absolute atomic E-state index is 0.160. The first-order chi connectivity index (χ1) is 12.7. The van der Waals surface area contributed by atoms with Gasteiger partial charge in [0, 0.05) is 31.7 Å². The van der Waals surface area contributed by atoms with E-state index in [9.17, 15) is 4.79 Å². The minimum Gasteiger partial charge on any atom is -0.495 e. The second kappa shape index (κ2) is 9.03. The molecule has 0 unspecified atom stereocenters. The highest BCUT2D eigenvalue weighted by molar-refractivity contribution is 6.32. The van der Waals surface area contributed by atoms with Gasteiger partial charge in [-0.15, -0.1) is 0 Å². The lowest BCUT2D eigenvalue weighted by Crippen LogP contribution is -2.35. The smallest absolute Gasteiger partial charge is 0.251 e. The molecule has 0 aliphatic carbocycles. The van der Waals surface area contributed by atoms with Gasteiger partial charge >= 0.3 is 0 Å². The van der Waals surface area contributed by atoms with Crippen LogP contribution in [0, 0.1) is 0 Å². The molecule has 1 saturated heterocycles.